The molecule has 7 heteroatoms. The molecule has 2 N–H and O–H groups in total. The molecule has 2 aromatic rings. The van der Waals surface area contributed by atoms with Crippen molar-refractivity contribution in [2.45, 2.75) is 16.2 Å². The van der Waals surface area contributed by atoms with Crippen molar-refractivity contribution in [1.29, 1.82) is 0 Å². The minimum atomic E-state index is -4.46. The van der Waals surface area contributed by atoms with E-state index in [2.05, 4.69) is 9.97 Å². The van der Waals surface area contributed by atoms with E-state index < -0.39 is 11.7 Å². The van der Waals surface area contributed by atoms with Gasteiger partial charge in [0.2, 0.25) is 0 Å². The molecule has 94 valence electrons. The van der Waals surface area contributed by atoms with Gasteiger partial charge in [0.25, 0.3) is 0 Å². The number of aromatic nitrogens is 2. The number of nitrogen functional groups attached to an aromatic ring is 1. The fraction of sp³-hybridized carbons (Fsp3) is 0.0909. The Morgan fingerprint density at radius 2 is 1.78 bits per heavy atom. The van der Waals surface area contributed by atoms with Gasteiger partial charge in [0, 0.05) is 23.0 Å². The fourth-order valence-corrected chi connectivity index (χ4v) is 2.04. The quantitative estimate of drug-likeness (QED) is 0.673. The number of hydrogen-bond donors (Lipinski definition) is 1. The smallest absolute Gasteiger partial charge is 0.398 e. The van der Waals surface area contributed by atoms with Gasteiger partial charge in [-0.1, -0.05) is 0 Å². The zero-order valence-corrected chi connectivity index (χ0v) is 9.79. The molecular formula is C11H8F3N3S. The van der Waals surface area contributed by atoms with Crippen LogP contribution < -0.4 is 5.73 Å². The van der Waals surface area contributed by atoms with E-state index in [9.17, 15) is 13.2 Å². The first-order valence-electron chi connectivity index (χ1n) is 4.88. The van der Waals surface area contributed by atoms with Crippen LogP contribution in [0.3, 0.4) is 0 Å². The summed E-state index contributed by atoms with van der Waals surface area (Å²) in [5.41, 5.74) is 4.17. The molecule has 0 unspecified atom stereocenters. The largest absolute Gasteiger partial charge is 0.418 e. The molecule has 0 fully saturated rings. The Labute approximate surface area is 105 Å². The van der Waals surface area contributed by atoms with Gasteiger partial charge in [0.1, 0.15) is 0 Å². The Balaban J connectivity index is 2.31. The standard InChI is InChI=1S/C11H8F3N3S/c12-11(13,14)8-6-7(2-3-9(8)15)18-10-16-4-1-5-17-10/h1-6H,15H2. The molecule has 0 aliphatic rings. The summed E-state index contributed by atoms with van der Waals surface area (Å²) in [7, 11) is 0. The van der Waals surface area contributed by atoms with Gasteiger partial charge in [-0.2, -0.15) is 13.2 Å². The molecule has 0 atom stereocenters. The van der Waals surface area contributed by atoms with Gasteiger partial charge in [0.05, 0.1) is 5.56 Å². The van der Waals surface area contributed by atoms with Crippen LogP contribution in [0.5, 0.6) is 0 Å². The minimum absolute atomic E-state index is 0.291. The third kappa shape index (κ3) is 2.92. The monoisotopic (exact) mass is 271 g/mol. The molecule has 0 saturated heterocycles. The minimum Gasteiger partial charge on any atom is -0.398 e. The highest BCUT2D eigenvalue weighted by atomic mass is 32.2. The Morgan fingerprint density at radius 1 is 1.11 bits per heavy atom. The van der Waals surface area contributed by atoms with Crippen LogP contribution in [-0.4, -0.2) is 9.97 Å². The number of alkyl halides is 3. The van der Waals surface area contributed by atoms with Crippen LogP contribution in [0.25, 0.3) is 0 Å². The first kappa shape index (κ1) is 12.7. The summed E-state index contributed by atoms with van der Waals surface area (Å²) < 4.78 is 37.9. The maximum atomic E-state index is 12.6. The summed E-state index contributed by atoms with van der Waals surface area (Å²) in [6.07, 6.45) is -1.41. The van der Waals surface area contributed by atoms with Crippen molar-refractivity contribution in [3.8, 4) is 0 Å². The van der Waals surface area contributed by atoms with Gasteiger partial charge >= 0.3 is 6.18 Å². The lowest BCUT2D eigenvalue weighted by Gasteiger charge is -2.11. The summed E-state index contributed by atoms with van der Waals surface area (Å²) in [5.74, 6) is 0. The average molecular weight is 271 g/mol. The molecule has 18 heavy (non-hydrogen) atoms. The maximum Gasteiger partial charge on any atom is 0.418 e. The van der Waals surface area contributed by atoms with Gasteiger partial charge in [-0.15, -0.1) is 0 Å². The summed E-state index contributed by atoms with van der Waals surface area (Å²) in [5, 5.41) is 0.385. The highest BCUT2D eigenvalue weighted by molar-refractivity contribution is 7.99. The molecule has 2 rings (SSSR count). The highest BCUT2D eigenvalue weighted by Gasteiger charge is 2.33. The number of benzene rings is 1. The highest BCUT2D eigenvalue weighted by Crippen LogP contribution is 2.36. The van der Waals surface area contributed by atoms with Gasteiger partial charge in [-0.25, -0.2) is 9.97 Å². The second kappa shape index (κ2) is 4.85. The normalized spacial score (nSPS) is 11.5. The zero-order valence-electron chi connectivity index (χ0n) is 8.98. The lowest BCUT2D eigenvalue weighted by molar-refractivity contribution is -0.137. The molecule has 3 nitrogen and oxygen atoms in total. The SMILES string of the molecule is Nc1ccc(Sc2ncccn2)cc1C(F)(F)F. The Morgan fingerprint density at radius 3 is 2.39 bits per heavy atom. The first-order valence-corrected chi connectivity index (χ1v) is 5.70. The number of rotatable bonds is 2. The van der Waals surface area contributed by atoms with Crippen molar-refractivity contribution in [1.82, 2.24) is 9.97 Å². The van der Waals surface area contributed by atoms with Crippen LogP contribution in [0.15, 0.2) is 46.7 Å². The molecule has 0 amide bonds. The van der Waals surface area contributed by atoms with Crippen molar-refractivity contribution in [3.63, 3.8) is 0 Å². The topological polar surface area (TPSA) is 51.8 Å². The molecule has 0 aliphatic heterocycles. The predicted octanol–water partition coefficient (Wildman–Crippen LogP) is 3.23. The van der Waals surface area contributed by atoms with Crippen LogP contribution in [0.4, 0.5) is 18.9 Å². The molecular weight excluding hydrogens is 263 g/mol. The summed E-state index contributed by atoms with van der Waals surface area (Å²) in [6, 6.07) is 5.37. The summed E-state index contributed by atoms with van der Waals surface area (Å²) in [4.78, 5) is 8.25. The van der Waals surface area contributed by atoms with E-state index in [-0.39, 0.29) is 5.69 Å². The lowest BCUT2D eigenvalue weighted by Crippen LogP contribution is -2.08. The Hall–Kier alpha value is -1.76. The first-order chi connectivity index (χ1) is 8.47. The molecule has 0 saturated carbocycles. The molecule has 1 aromatic heterocycles. The number of nitrogens with zero attached hydrogens (tertiary/aromatic N) is 2. The van der Waals surface area contributed by atoms with Crippen LogP contribution in [0.1, 0.15) is 5.56 Å². The van der Waals surface area contributed by atoms with E-state index in [1.54, 1.807) is 6.07 Å². The van der Waals surface area contributed by atoms with Crippen molar-refractivity contribution in [2.24, 2.45) is 0 Å². The molecule has 0 aliphatic carbocycles. The van der Waals surface area contributed by atoms with Crippen LogP contribution >= 0.6 is 11.8 Å². The van der Waals surface area contributed by atoms with Gasteiger partial charge in [-0.3, -0.25) is 0 Å². The summed E-state index contributed by atoms with van der Waals surface area (Å²) in [6.45, 7) is 0. The predicted molar refractivity (Wildman–Crippen MR) is 62.0 cm³/mol. The van der Waals surface area contributed by atoms with E-state index in [0.717, 1.165) is 17.8 Å². The van der Waals surface area contributed by atoms with Crippen LogP contribution in [0, 0.1) is 0 Å². The van der Waals surface area contributed by atoms with E-state index in [0.29, 0.717) is 10.1 Å². The van der Waals surface area contributed by atoms with Crippen molar-refractivity contribution >= 4 is 17.4 Å². The van der Waals surface area contributed by atoms with Crippen LogP contribution in [0.2, 0.25) is 0 Å². The summed E-state index contributed by atoms with van der Waals surface area (Å²) >= 11 is 1.05. The van der Waals surface area contributed by atoms with Gasteiger partial charge in [0.15, 0.2) is 5.16 Å². The van der Waals surface area contributed by atoms with Crippen molar-refractivity contribution in [2.75, 3.05) is 5.73 Å². The van der Waals surface area contributed by atoms with E-state index in [1.807, 2.05) is 0 Å². The van der Waals surface area contributed by atoms with E-state index >= 15 is 0 Å². The molecule has 0 bridgehead atoms. The van der Waals surface area contributed by atoms with Crippen molar-refractivity contribution in [3.05, 3.63) is 42.2 Å². The molecule has 0 spiro atoms. The number of nitrogens with two attached hydrogens (primary N) is 1. The zero-order chi connectivity index (χ0) is 13.2. The molecule has 0 radical (unpaired) electrons. The third-order valence-corrected chi connectivity index (χ3v) is 2.96. The average Bonchev–Trinajstić information content (AvgIpc) is 2.31. The number of anilines is 1. The maximum absolute atomic E-state index is 12.6. The lowest BCUT2D eigenvalue weighted by atomic mass is 10.2. The Bertz CT molecular complexity index is 543. The molecule has 1 aromatic carbocycles. The van der Waals surface area contributed by atoms with Gasteiger partial charge < -0.3 is 5.73 Å². The van der Waals surface area contributed by atoms with Crippen LogP contribution in [-0.2, 0) is 6.18 Å². The van der Waals surface area contributed by atoms with Crippen molar-refractivity contribution < 1.29 is 13.2 Å². The fourth-order valence-electron chi connectivity index (χ4n) is 1.29. The second-order valence-corrected chi connectivity index (χ2v) is 4.42. The Kier molecular flexibility index (Phi) is 3.42. The third-order valence-electron chi connectivity index (χ3n) is 2.08. The number of halogens is 3. The van der Waals surface area contributed by atoms with E-state index in [1.165, 1.54) is 24.5 Å². The second-order valence-electron chi connectivity index (χ2n) is 3.38. The number of hydrogen-bond acceptors (Lipinski definition) is 4. The molecule has 1 heterocycles. The van der Waals surface area contributed by atoms with E-state index in [4.69, 9.17) is 5.73 Å². The van der Waals surface area contributed by atoms with Gasteiger partial charge in [-0.05, 0) is 36.0 Å².